The SMILES string of the molecule is CCNCC(=O)c1cccc(N)c1. The largest absolute Gasteiger partial charge is 0.399 e. The van der Waals surface area contributed by atoms with Crippen molar-refractivity contribution in [3.05, 3.63) is 29.8 Å². The molecule has 70 valence electrons. The lowest BCUT2D eigenvalue weighted by molar-refractivity contribution is 0.0992. The van der Waals surface area contributed by atoms with Gasteiger partial charge in [-0.1, -0.05) is 19.1 Å². The van der Waals surface area contributed by atoms with Gasteiger partial charge in [-0.15, -0.1) is 0 Å². The molecule has 0 unspecified atom stereocenters. The van der Waals surface area contributed by atoms with Crippen molar-refractivity contribution in [2.24, 2.45) is 0 Å². The van der Waals surface area contributed by atoms with Crippen molar-refractivity contribution in [2.75, 3.05) is 18.8 Å². The summed E-state index contributed by atoms with van der Waals surface area (Å²) in [5.74, 6) is 0.0779. The summed E-state index contributed by atoms with van der Waals surface area (Å²) in [4.78, 5) is 11.4. The Bertz CT molecular complexity index is 297. The van der Waals surface area contributed by atoms with Gasteiger partial charge in [-0.25, -0.2) is 0 Å². The fourth-order valence-corrected chi connectivity index (χ4v) is 1.05. The average Bonchev–Trinajstić information content (AvgIpc) is 2.14. The van der Waals surface area contributed by atoms with Crippen LogP contribution in [0.25, 0.3) is 0 Å². The zero-order valence-electron chi connectivity index (χ0n) is 7.71. The molecule has 1 rings (SSSR count). The number of hydrogen-bond acceptors (Lipinski definition) is 3. The lowest BCUT2D eigenvalue weighted by Crippen LogP contribution is -2.22. The zero-order valence-corrected chi connectivity index (χ0v) is 7.71. The highest BCUT2D eigenvalue weighted by molar-refractivity contribution is 5.98. The summed E-state index contributed by atoms with van der Waals surface area (Å²) < 4.78 is 0. The van der Waals surface area contributed by atoms with Crippen molar-refractivity contribution in [3.63, 3.8) is 0 Å². The van der Waals surface area contributed by atoms with E-state index >= 15 is 0 Å². The highest BCUT2D eigenvalue weighted by atomic mass is 16.1. The number of rotatable bonds is 4. The molecule has 3 nitrogen and oxygen atoms in total. The molecule has 1 aromatic rings. The van der Waals surface area contributed by atoms with Gasteiger partial charge in [-0.3, -0.25) is 4.79 Å². The first-order chi connectivity index (χ1) is 6.24. The number of nitrogens with one attached hydrogen (secondary N) is 1. The van der Waals surface area contributed by atoms with E-state index in [1.54, 1.807) is 24.3 Å². The summed E-state index contributed by atoms with van der Waals surface area (Å²) in [5, 5.41) is 2.98. The third-order valence-electron chi connectivity index (χ3n) is 1.74. The number of nitrogens with two attached hydrogens (primary N) is 1. The molecular formula is C10H14N2O. The van der Waals surface area contributed by atoms with Gasteiger partial charge in [0.05, 0.1) is 6.54 Å². The molecule has 0 saturated heterocycles. The van der Waals surface area contributed by atoms with Gasteiger partial charge in [0.1, 0.15) is 0 Å². The molecule has 0 aliphatic rings. The van der Waals surface area contributed by atoms with Gasteiger partial charge in [0, 0.05) is 11.3 Å². The second kappa shape index (κ2) is 4.62. The summed E-state index contributed by atoms with van der Waals surface area (Å²) in [6.45, 7) is 3.14. The maximum absolute atomic E-state index is 11.4. The van der Waals surface area contributed by atoms with Gasteiger partial charge in [0.15, 0.2) is 5.78 Å². The molecule has 0 aliphatic heterocycles. The molecule has 0 aromatic heterocycles. The minimum atomic E-state index is 0.0779. The Labute approximate surface area is 77.9 Å². The van der Waals surface area contributed by atoms with Gasteiger partial charge in [-0.2, -0.15) is 0 Å². The molecule has 13 heavy (non-hydrogen) atoms. The van der Waals surface area contributed by atoms with Crippen LogP contribution in [0.3, 0.4) is 0 Å². The van der Waals surface area contributed by atoms with Crippen molar-refractivity contribution in [3.8, 4) is 0 Å². The van der Waals surface area contributed by atoms with Crippen LogP contribution in [0.2, 0.25) is 0 Å². The Kier molecular flexibility index (Phi) is 3.46. The van der Waals surface area contributed by atoms with Crippen molar-refractivity contribution >= 4 is 11.5 Å². The third kappa shape index (κ3) is 2.87. The second-order valence-corrected chi connectivity index (χ2v) is 2.83. The minimum Gasteiger partial charge on any atom is -0.399 e. The topological polar surface area (TPSA) is 55.1 Å². The van der Waals surface area contributed by atoms with E-state index in [1.807, 2.05) is 6.92 Å². The number of benzene rings is 1. The van der Waals surface area contributed by atoms with Gasteiger partial charge in [-0.05, 0) is 18.7 Å². The Morgan fingerprint density at radius 2 is 2.31 bits per heavy atom. The van der Waals surface area contributed by atoms with Crippen molar-refractivity contribution in [1.82, 2.24) is 5.32 Å². The molecule has 0 bridgehead atoms. The van der Waals surface area contributed by atoms with Crippen molar-refractivity contribution in [2.45, 2.75) is 6.92 Å². The van der Waals surface area contributed by atoms with E-state index in [9.17, 15) is 4.79 Å². The first-order valence-corrected chi connectivity index (χ1v) is 4.33. The smallest absolute Gasteiger partial charge is 0.176 e. The molecule has 3 N–H and O–H groups in total. The number of carbonyl (C=O) groups is 1. The van der Waals surface area contributed by atoms with E-state index < -0.39 is 0 Å². The maximum atomic E-state index is 11.4. The van der Waals surface area contributed by atoms with Crippen molar-refractivity contribution in [1.29, 1.82) is 0 Å². The summed E-state index contributed by atoms with van der Waals surface area (Å²) >= 11 is 0. The van der Waals surface area contributed by atoms with Gasteiger partial charge >= 0.3 is 0 Å². The molecular weight excluding hydrogens is 164 g/mol. The summed E-state index contributed by atoms with van der Waals surface area (Å²) in [6.07, 6.45) is 0. The maximum Gasteiger partial charge on any atom is 0.176 e. The van der Waals surface area contributed by atoms with E-state index in [0.717, 1.165) is 6.54 Å². The quantitative estimate of drug-likeness (QED) is 0.535. The monoisotopic (exact) mass is 178 g/mol. The van der Waals surface area contributed by atoms with Crippen LogP contribution < -0.4 is 11.1 Å². The number of anilines is 1. The average molecular weight is 178 g/mol. The third-order valence-corrected chi connectivity index (χ3v) is 1.74. The Hall–Kier alpha value is -1.35. The van der Waals surface area contributed by atoms with E-state index in [0.29, 0.717) is 17.8 Å². The standard InChI is InChI=1S/C10H14N2O/c1-2-12-7-10(13)8-4-3-5-9(11)6-8/h3-6,12H,2,7,11H2,1H3. The Morgan fingerprint density at radius 1 is 1.54 bits per heavy atom. The van der Waals surface area contributed by atoms with E-state index in [1.165, 1.54) is 0 Å². The Balaban J connectivity index is 2.66. The van der Waals surface area contributed by atoms with Crippen LogP contribution in [0.5, 0.6) is 0 Å². The molecule has 0 fully saturated rings. The first-order valence-electron chi connectivity index (χ1n) is 4.33. The van der Waals surface area contributed by atoms with E-state index in [2.05, 4.69) is 5.32 Å². The van der Waals surface area contributed by atoms with Crippen LogP contribution in [0.15, 0.2) is 24.3 Å². The van der Waals surface area contributed by atoms with Crippen LogP contribution in [0.1, 0.15) is 17.3 Å². The zero-order chi connectivity index (χ0) is 9.68. The molecule has 0 atom stereocenters. The number of ketones is 1. The fourth-order valence-electron chi connectivity index (χ4n) is 1.05. The minimum absolute atomic E-state index is 0.0779. The summed E-state index contributed by atoms with van der Waals surface area (Å²) in [5.41, 5.74) is 6.85. The molecule has 3 heteroatoms. The van der Waals surface area contributed by atoms with Gasteiger partial charge < -0.3 is 11.1 Å². The predicted octanol–water partition coefficient (Wildman–Crippen LogP) is 1.06. The number of hydrogen-bond donors (Lipinski definition) is 2. The van der Waals surface area contributed by atoms with Crippen LogP contribution in [0, 0.1) is 0 Å². The lowest BCUT2D eigenvalue weighted by Gasteiger charge is -2.01. The Morgan fingerprint density at radius 3 is 2.92 bits per heavy atom. The number of likely N-dealkylation sites (N-methyl/N-ethyl adjacent to an activating group) is 1. The van der Waals surface area contributed by atoms with Crippen molar-refractivity contribution < 1.29 is 4.79 Å². The molecule has 0 spiro atoms. The molecule has 0 aliphatic carbocycles. The number of nitrogen functional groups attached to an aromatic ring is 1. The molecule has 0 heterocycles. The van der Waals surface area contributed by atoms with Crippen LogP contribution >= 0.6 is 0 Å². The highest BCUT2D eigenvalue weighted by Gasteiger charge is 2.03. The fraction of sp³-hybridized carbons (Fsp3) is 0.300. The lowest BCUT2D eigenvalue weighted by atomic mass is 10.1. The van der Waals surface area contributed by atoms with E-state index in [-0.39, 0.29) is 5.78 Å². The van der Waals surface area contributed by atoms with Gasteiger partial charge in [0.25, 0.3) is 0 Å². The molecule has 1 aromatic carbocycles. The molecule has 0 saturated carbocycles. The normalized spacial score (nSPS) is 9.92. The van der Waals surface area contributed by atoms with Crippen LogP contribution in [-0.2, 0) is 0 Å². The summed E-state index contributed by atoms with van der Waals surface area (Å²) in [7, 11) is 0. The van der Waals surface area contributed by atoms with Gasteiger partial charge in [0.2, 0.25) is 0 Å². The molecule has 0 radical (unpaired) electrons. The van der Waals surface area contributed by atoms with Crippen LogP contribution in [0.4, 0.5) is 5.69 Å². The number of carbonyl (C=O) groups excluding carboxylic acids is 1. The highest BCUT2D eigenvalue weighted by Crippen LogP contribution is 2.06. The predicted molar refractivity (Wildman–Crippen MR) is 53.7 cm³/mol. The molecule has 0 amide bonds. The number of Topliss-reactive ketones (excluding diaryl/α,β-unsaturated/α-hetero) is 1. The summed E-state index contributed by atoms with van der Waals surface area (Å²) in [6, 6.07) is 7.02. The van der Waals surface area contributed by atoms with Crippen LogP contribution in [-0.4, -0.2) is 18.9 Å². The second-order valence-electron chi connectivity index (χ2n) is 2.83. The first kappa shape index (κ1) is 9.74. The van der Waals surface area contributed by atoms with E-state index in [4.69, 9.17) is 5.73 Å².